The lowest BCUT2D eigenvalue weighted by atomic mass is 10.0. The predicted molar refractivity (Wildman–Crippen MR) is 102 cm³/mol. The van der Waals surface area contributed by atoms with Gasteiger partial charge in [0.2, 0.25) is 0 Å². The molecule has 3 rings (SSSR count). The maximum Gasteiger partial charge on any atom is 0.387 e. The van der Waals surface area contributed by atoms with Gasteiger partial charge in [-0.2, -0.15) is 8.78 Å². The van der Waals surface area contributed by atoms with Crippen LogP contribution in [0.3, 0.4) is 0 Å². The summed E-state index contributed by atoms with van der Waals surface area (Å²) in [5, 5.41) is 0. The van der Waals surface area contributed by atoms with Crippen LogP contribution >= 0.6 is 0 Å². The molecule has 0 amide bonds. The average molecular weight is 404 g/mol. The first-order valence-corrected chi connectivity index (χ1v) is 10.3. The fraction of sp³-hybridized carbons (Fsp3) is 0.143. The molecule has 0 aliphatic heterocycles. The van der Waals surface area contributed by atoms with Gasteiger partial charge in [-0.25, -0.2) is 8.42 Å². The molecule has 0 heterocycles. The number of sulfone groups is 1. The van der Waals surface area contributed by atoms with Gasteiger partial charge in [0.05, 0.1) is 4.90 Å². The Hall–Kier alpha value is -2.93. The van der Waals surface area contributed by atoms with E-state index in [1.54, 1.807) is 18.2 Å². The van der Waals surface area contributed by atoms with Crippen molar-refractivity contribution in [2.45, 2.75) is 18.1 Å². The van der Waals surface area contributed by atoms with Gasteiger partial charge in [0.15, 0.2) is 9.84 Å². The Balaban J connectivity index is 1.97. The standard InChI is InChI=1S/C21H18F2O4S/c1-28(24,25)18-9-5-8-16(12-18)19-13-17(10-11-20(19)27-21(22)23)26-14-15-6-3-2-4-7-15/h2-13,21H,14H2,1H3. The quantitative estimate of drug-likeness (QED) is 0.560. The second-order valence-corrected chi connectivity index (χ2v) is 8.13. The van der Waals surface area contributed by atoms with Crippen LogP contribution in [-0.4, -0.2) is 21.3 Å². The van der Waals surface area contributed by atoms with Crippen LogP contribution in [0, 0.1) is 0 Å². The zero-order valence-corrected chi connectivity index (χ0v) is 15.8. The molecular formula is C21H18F2O4S. The van der Waals surface area contributed by atoms with Crippen molar-refractivity contribution < 1.29 is 26.7 Å². The maximum atomic E-state index is 12.8. The minimum absolute atomic E-state index is 0.0623. The van der Waals surface area contributed by atoms with Gasteiger partial charge >= 0.3 is 6.61 Å². The lowest BCUT2D eigenvalue weighted by molar-refractivity contribution is -0.0494. The number of alkyl halides is 2. The highest BCUT2D eigenvalue weighted by Gasteiger charge is 2.15. The molecule has 0 aliphatic rings. The molecule has 3 aromatic carbocycles. The molecule has 3 aromatic rings. The molecule has 28 heavy (non-hydrogen) atoms. The monoisotopic (exact) mass is 404 g/mol. The Morgan fingerprint density at radius 1 is 0.929 bits per heavy atom. The van der Waals surface area contributed by atoms with E-state index in [2.05, 4.69) is 4.74 Å². The second-order valence-electron chi connectivity index (χ2n) is 6.11. The summed E-state index contributed by atoms with van der Waals surface area (Å²) >= 11 is 0. The van der Waals surface area contributed by atoms with Crippen molar-refractivity contribution in [1.29, 1.82) is 0 Å². The van der Waals surface area contributed by atoms with Crippen molar-refractivity contribution in [1.82, 2.24) is 0 Å². The molecule has 4 nitrogen and oxygen atoms in total. The van der Waals surface area contributed by atoms with Crippen molar-refractivity contribution in [3.05, 3.63) is 78.4 Å². The number of hydrogen-bond donors (Lipinski definition) is 0. The minimum atomic E-state index is -3.45. The van der Waals surface area contributed by atoms with E-state index in [4.69, 9.17) is 4.74 Å². The van der Waals surface area contributed by atoms with Crippen molar-refractivity contribution in [2.24, 2.45) is 0 Å². The van der Waals surface area contributed by atoms with E-state index in [0.29, 0.717) is 23.5 Å². The van der Waals surface area contributed by atoms with Crippen LogP contribution in [0.5, 0.6) is 11.5 Å². The van der Waals surface area contributed by atoms with Gasteiger partial charge in [-0.3, -0.25) is 0 Å². The van der Waals surface area contributed by atoms with Gasteiger partial charge in [0.1, 0.15) is 18.1 Å². The first kappa shape index (κ1) is 19.8. The minimum Gasteiger partial charge on any atom is -0.489 e. The number of ether oxygens (including phenoxy) is 2. The summed E-state index contributed by atoms with van der Waals surface area (Å²) in [4.78, 5) is 0.0867. The topological polar surface area (TPSA) is 52.6 Å². The van der Waals surface area contributed by atoms with Crippen LogP contribution < -0.4 is 9.47 Å². The normalized spacial score (nSPS) is 11.4. The molecule has 0 aromatic heterocycles. The van der Waals surface area contributed by atoms with Gasteiger partial charge in [-0.15, -0.1) is 0 Å². The van der Waals surface area contributed by atoms with E-state index < -0.39 is 16.4 Å². The summed E-state index contributed by atoms with van der Waals surface area (Å²) in [6, 6.07) is 20.0. The van der Waals surface area contributed by atoms with Crippen LogP contribution in [0.25, 0.3) is 11.1 Å². The van der Waals surface area contributed by atoms with E-state index in [1.165, 1.54) is 24.3 Å². The lowest BCUT2D eigenvalue weighted by Crippen LogP contribution is -2.04. The molecule has 7 heteroatoms. The van der Waals surface area contributed by atoms with Crippen LogP contribution in [0.4, 0.5) is 8.78 Å². The highest BCUT2D eigenvalue weighted by Crippen LogP contribution is 2.35. The zero-order valence-electron chi connectivity index (χ0n) is 15.0. The Bertz CT molecular complexity index is 1050. The van der Waals surface area contributed by atoms with Gasteiger partial charge in [0, 0.05) is 11.8 Å². The van der Waals surface area contributed by atoms with Crippen molar-refractivity contribution in [3.63, 3.8) is 0 Å². The summed E-state index contributed by atoms with van der Waals surface area (Å²) in [6.07, 6.45) is 1.09. The molecular weight excluding hydrogens is 386 g/mol. The fourth-order valence-corrected chi connectivity index (χ4v) is 3.33. The van der Waals surface area contributed by atoms with E-state index in [9.17, 15) is 17.2 Å². The van der Waals surface area contributed by atoms with Crippen LogP contribution in [-0.2, 0) is 16.4 Å². The molecule has 0 atom stereocenters. The summed E-state index contributed by atoms with van der Waals surface area (Å²) in [5.74, 6) is 0.387. The summed E-state index contributed by atoms with van der Waals surface area (Å²) in [5.41, 5.74) is 1.70. The van der Waals surface area contributed by atoms with E-state index in [1.807, 2.05) is 30.3 Å². The van der Waals surface area contributed by atoms with Gasteiger partial charge < -0.3 is 9.47 Å². The average Bonchev–Trinajstić information content (AvgIpc) is 2.67. The largest absolute Gasteiger partial charge is 0.489 e. The molecule has 146 valence electrons. The highest BCUT2D eigenvalue weighted by atomic mass is 32.2. The fourth-order valence-electron chi connectivity index (χ4n) is 2.66. The smallest absolute Gasteiger partial charge is 0.387 e. The second kappa shape index (κ2) is 8.39. The molecule has 0 fully saturated rings. The number of hydrogen-bond acceptors (Lipinski definition) is 4. The van der Waals surface area contributed by atoms with Gasteiger partial charge in [-0.1, -0.05) is 42.5 Å². The Morgan fingerprint density at radius 3 is 2.36 bits per heavy atom. The molecule has 0 aliphatic carbocycles. The van der Waals surface area contributed by atoms with Gasteiger partial charge in [-0.05, 0) is 41.5 Å². The third-order valence-electron chi connectivity index (χ3n) is 3.99. The van der Waals surface area contributed by atoms with Gasteiger partial charge in [0.25, 0.3) is 0 Å². The third-order valence-corrected chi connectivity index (χ3v) is 5.10. The summed E-state index contributed by atoms with van der Waals surface area (Å²) < 4.78 is 59.6. The molecule has 0 saturated heterocycles. The van der Waals surface area contributed by atoms with Crippen molar-refractivity contribution in [3.8, 4) is 22.6 Å². The zero-order chi connectivity index (χ0) is 20.1. The molecule has 0 spiro atoms. The molecule has 0 saturated carbocycles. The SMILES string of the molecule is CS(=O)(=O)c1cccc(-c2cc(OCc3ccccc3)ccc2OC(F)F)c1. The number of benzene rings is 3. The van der Waals surface area contributed by atoms with Crippen LogP contribution in [0.2, 0.25) is 0 Å². The molecule has 0 N–H and O–H groups in total. The van der Waals surface area contributed by atoms with Crippen LogP contribution in [0.15, 0.2) is 77.7 Å². The Kier molecular flexibility index (Phi) is 5.94. The lowest BCUT2D eigenvalue weighted by Gasteiger charge is -2.14. The number of rotatable bonds is 7. The Morgan fingerprint density at radius 2 is 1.68 bits per heavy atom. The van der Waals surface area contributed by atoms with E-state index in [0.717, 1.165) is 11.8 Å². The summed E-state index contributed by atoms with van der Waals surface area (Å²) in [7, 11) is -3.45. The highest BCUT2D eigenvalue weighted by molar-refractivity contribution is 7.90. The maximum absolute atomic E-state index is 12.8. The first-order chi connectivity index (χ1) is 13.3. The van der Waals surface area contributed by atoms with Crippen molar-refractivity contribution in [2.75, 3.05) is 6.26 Å². The predicted octanol–water partition coefficient (Wildman–Crippen LogP) is 4.94. The molecule has 0 radical (unpaired) electrons. The van der Waals surface area contributed by atoms with Crippen molar-refractivity contribution >= 4 is 9.84 Å². The first-order valence-electron chi connectivity index (χ1n) is 8.39. The van der Waals surface area contributed by atoms with E-state index >= 15 is 0 Å². The number of halogens is 2. The molecule has 0 bridgehead atoms. The molecule has 0 unspecified atom stereocenters. The summed E-state index contributed by atoms with van der Waals surface area (Å²) in [6.45, 7) is -2.70. The van der Waals surface area contributed by atoms with Crippen LogP contribution in [0.1, 0.15) is 5.56 Å². The van der Waals surface area contributed by atoms with E-state index in [-0.39, 0.29) is 10.6 Å². The Labute approximate surface area is 162 Å². The third kappa shape index (κ3) is 5.07.